The van der Waals surface area contributed by atoms with Crippen LogP contribution in [0.4, 0.5) is 4.79 Å². The summed E-state index contributed by atoms with van der Waals surface area (Å²) in [6.07, 6.45) is 1.18. The van der Waals surface area contributed by atoms with E-state index in [1.165, 1.54) is 11.1 Å². The minimum atomic E-state index is -0.502. The summed E-state index contributed by atoms with van der Waals surface area (Å²) in [7, 11) is 1.64. The first-order valence-electron chi connectivity index (χ1n) is 7.22. The number of methoxy groups -OCH3 is 1. The summed E-state index contributed by atoms with van der Waals surface area (Å²) in [6, 6.07) is 7.90. The van der Waals surface area contributed by atoms with Crippen LogP contribution in [0.5, 0.6) is 5.75 Å². The van der Waals surface area contributed by atoms with Crippen LogP contribution in [0.25, 0.3) is 0 Å². The van der Waals surface area contributed by atoms with Crippen LogP contribution in [-0.4, -0.2) is 25.3 Å². The van der Waals surface area contributed by atoms with Crippen molar-refractivity contribution >= 4 is 17.7 Å². The van der Waals surface area contributed by atoms with E-state index in [2.05, 4.69) is 5.32 Å². The molecule has 1 amide bonds. The van der Waals surface area contributed by atoms with Gasteiger partial charge >= 0.3 is 6.09 Å². The van der Waals surface area contributed by atoms with Gasteiger partial charge < -0.3 is 14.8 Å². The molecule has 0 unspecified atom stereocenters. The zero-order chi connectivity index (χ0) is 16.6. The zero-order valence-corrected chi connectivity index (χ0v) is 14.4. The van der Waals surface area contributed by atoms with Gasteiger partial charge in [0.2, 0.25) is 0 Å². The number of amides is 1. The highest BCUT2D eigenvalue weighted by molar-refractivity contribution is 6.25. The maximum atomic E-state index is 11.6. The number of aryl methyl sites for hydroxylation is 1. The van der Waals surface area contributed by atoms with Gasteiger partial charge in [-0.1, -0.05) is 23.7 Å². The molecule has 0 spiro atoms. The van der Waals surface area contributed by atoms with Gasteiger partial charge in [0.15, 0.2) is 0 Å². The molecule has 22 heavy (non-hydrogen) atoms. The van der Waals surface area contributed by atoms with Crippen LogP contribution in [0, 0.1) is 0 Å². The Hall–Kier alpha value is -1.68. The number of hydrogen-bond donors (Lipinski definition) is 1. The van der Waals surface area contributed by atoms with Crippen LogP contribution in [0.1, 0.15) is 32.8 Å². The average molecular weight is 326 g/mol. The summed E-state index contributed by atoms with van der Waals surface area (Å²) in [5.74, 6) is 0.837. The van der Waals surface area contributed by atoms with E-state index in [0.717, 1.165) is 24.2 Å². The van der Waals surface area contributed by atoms with Crippen molar-refractivity contribution in [3.05, 3.63) is 40.9 Å². The number of ether oxygens (including phenoxy) is 2. The standard InChI is InChI=1S/C17H24ClNO3/c1-17(2,3)22-16(20)19-12-14(11-18)6-5-13-7-9-15(21-4)10-8-13/h7-11H,5-6,12H2,1-4H3,(H,19,20). The Morgan fingerprint density at radius 2 is 1.91 bits per heavy atom. The summed E-state index contributed by atoms with van der Waals surface area (Å²) in [5, 5.41) is 2.71. The van der Waals surface area contributed by atoms with Gasteiger partial charge in [-0.05, 0) is 56.9 Å². The van der Waals surface area contributed by atoms with Crippen molar-refractivity contribution in [2.75, 3.05) is 13.7 Å². The number of alkyl carbamates (subject to hydrolysis) is 1. The lowest BCUT2D eigenvalue weighted by Gasteiger charge is -2.20. The first-order valence-corrected chi connectivity index (χ1v) is 7.65. The van der Waals surface area contributed by atoms with E-state index in [1.54, 1.807) is 7.11 Å². The maximum absolute atomic E-state index is 11.6. The monoisotopic (exact) mass is 325 g/mol. The van der Waals surface area contributed by atoms with Gasteiger partial charge in [0, 0.05) is 12.1 Å². The Labute approximate surface area is 137 Å². The van der Waals surface area contributed by atoms with Gasteiger partial charge in [0.25, 0.3) is 0 Å². The Bertz CT molecular complexity index is 504. The minimum Gasteiger partial charge on any atom is -0.497 e. The molecule has 0 saturated carbocycles. The molecule has 122 valence electrons. The van der Waals surface area contributed by atoms with Crippen LogP contribution in [0.3, 0.4) is 0 Å². The quantitative estimate of drug-likeness (QED) is 0.849. The van der Waals surface area contributed by atoms with Gasteiger partial charge in [-0.2, -0.15) is 0 Å². The normalized spacial score (nSPS) is 12.0. The van der Waals surface area contributed by atoms with E-state index < -0.39 is 11.7 Å². The van der Waals surface area contributed by atoms with Crippen molar-refractivity contribution in [3.8, 4) is 5.75 Å². The van der Waals surface area contributed by atoms with E-state index >= 15 is 0 Å². The van der Waals surface area contributed by atoms with E-state index in [0.29, 0.717) is 6.54 Å². The molecule has 4 nitrogen and oxygen atoms in total. The van der Waals surface area contributed by atoms with Crippen molar-refractivity contribution in [1.82, 2.24) is 5.32 Å². The number of carbonyl (C=O) groups is 1. The highest BCUT2D eigenvalue weighted by Crippen LogP contribution is 2.15. The molecule has 1 aromatic carbocycles. The summed E-state index contributed by atoms with van der Waals surface area (Å²) < 4.78 is 10.3. The van der Waals surface area contributed by atoms with Crippen LogP contribution in [0.2, 0.25) is 0 Å². The molecule has 0 saturated heterocycles. The molecule has 1 rings (SSSR count). The molecule has 0 aromatic heterocycles. The van der Waals surface area contributed by atoms with E-state index in [-0.39, 0.29) is 0 Å². The van der Waals surface area contributed by atoms with Crippen molar-refractivity contribution < 1.29 is 14.3 Å². The predicted octanol–water partition coefficient (Wildman–Crippen LogP) is 4.28. The van der Waals surface area contributed by atoms with Crippen LogP contribution < -0.4 is 10.1 Å². The topological polar surface area (TPSA) is 47.6 Å². The maximum Gasteiger partial charge on any atom is 0.407 e. The molecule has 0 atom stereocenters. The molecule has 0 heterocycles. The molecular formula is C17H24ClNO3. The highest BCUT2D eigenvalue weighted by Gasteiger charge is 2.15. The molecular weight excluding hydrogens is 302 g/mol. The fraction of sp³-hybridized carbons (Fsp3) is 0.471. The van der Waals surface area contributed by atoms with Crippen molar-refractivity contribution in [1.29, 1.82) is 0 Å². The molecule has 5 heteroatoms. The van der Waals surface area contributed by atoms with Crippen molar-refractivity contribution in [2.45, 2.75) is 39.2 Å². The van der Waals surface area contributed by atoms with Crippen LogP contribution >= 0.6 is 11.6 Å². The third kappa shape index (κ3) is 7.36. The second-order valence-electron chi connectivity index (χ2n) is 5.97. The molecule has 0 aliphatic rings. The van der Waals surface area contributed by atoms with Gasteiger partial charge in [-0.25, -0.2) is 4.79 Å². The third-order valence-electron chi connectivity index (χ3n) is 2.91. The van der Waals surface area contributed by atoms with Crippen LogP contribution in [-0.2, 0) is 11.2 Å². The number of carbonyl (C=O) groups excluding carboxylic acids is 1. The first kappa shape index (κ1) is 18.4. The smallest absolute Gasteiger partial charge is 0.407 e. The van der Waals surface area contributed by atoms with Gasteiger partial charge in [-0.3, -0.25) is 0 Å². The largest absolute Gasteiger partial charge is 0.497 e. The summed E-state index contributed by atoms with van der Waals surface area (Å²) >= 11 is 5.82. The second-order valence-corrected chi connectivity index (χ2v) is 6.19. The van der Waals surface area contributed by atoms with Gasteiger partial charge in [0.05, 0.1) is 7.11 Å². The molecule has 0 bridgehead atoms. The fourth-order valence-electron chi connectivity index (χ4n) is 1.78. The van der Waals surface area contributed by atoms with Crippen LogP contribution in [0.15, 0.2) is 35.4 Å². The number of nitrogens with one attached hydrogen (secondary N) is 1. The highest BCUT2D eigenvalue weighted by atomic mass is 35.5. The Morgan fingerprint density at radius 1 is 1.27 bits per heavy atom. The second kappa shape index (κ2) is 8.69. The van der Waals surface area contributed by atoms with Crippen molar-refractivity contribution in [2.24, 2.45) is 0 Å². The predicted molar refractivity (Wildman–Crippen MR) is 89.5 cm³/mol. The van der Waals surface area contributed by atoms with Gasteiger partial charge in [0.1, 0.15) is 11.4 Å². The first-order chi connectivity index (χ1) is 10.3. The zero-order valence-electron chi connectivity index (χ0n) is 13.6. The SMILES string of the molecule is COc1ccc(CCC(=CCl)CNC(=O)OC(C)(C)C)cc1. The summed E-state index contributed by atoms with van der Waals surface area (Å²) in [5.41, 5.74) is 3.15. The number of halogens is 1. The van der Waals surface area contributed by atoms with Gasteiger partial charge in [-0.15, -0.1) is 0 Å². The van der Waals surface area contributed by atoms with E-state index in [1.807, 2.05) is 45.0 Å². The number of rotatable bonds is 6. The lowest BCUT2D eigenvalue weighted by molar-refractivity contribution is 0.0532. The molecule has 1 aromatic rings. The average Bonchev–Trinajstić information content (AvgIpc) is 2.46. The summed E-state index contributed by atoms with van der Waals surface area (Å²) in [6.45, 7) is 5.87. The molecule has 0 radical (unpaired) electrons. The summed E-state index contributed by atoms with van der Waals surface area (Å²) in [4.78, 5) is 11.6. The lowest BCUT2D eigenvalue weighted by Crippen LogP contribution is -2.33. The molecule has 1 N–H and O–H groups in total. The molecule has 0 aliphatic carbocycles. The lowest BCUT2D eigenvalue weighted by atomic mass is 10.1. The number of hydrogen-bond acceptors (Lipinski definition) is 3. The Morgan fingerprint density at radius 3 is 2.41 bits per heavy atom. The van der Waals surface area contributed by atoms with E-state index in [9.17, 15) is 4.79 Å². The molecule has 0 fully saturated rings. The fourth-order valence-corrected chi connectivity index (χ4v) is 1.96. The van der Waals surface area contributed by atoms with Crippen molar-refractivity contribution in [3.63, 3.8) is 0 Å². The number of benzene rings is 1. The molecule has 0 aliphatic heterocycles. The van der Waals surface area contributed by atoms with E-state index in [4.69, 9.17) is 21.1 Å². The Balaban J connectivity index is 2.40. The Kier molecular flexibility index (Phi) is 7.25. The third-order valence-corrected chi connectivity index (χ3v) is 3.22. The minimum absolute atomic E-state index is 0.384.